The predicted molar refractivity (Wildman–Crippen MR) is 71.1 cm³/mol. The van der Waals surface area contributed by atoms with Crippen LogP contribution in [0.5, 0.6) is 5.75 Å². The van der Waals surface area contributed by atoms with Crippen LogP contribution in [-0.4, -0.2) is 25.7 Å². The fourth-order valence-corrected chi connectivity index (χ4v) is 2.85. The molecule has 1 aromatic rings. The van der Waals surface area contributed by atoms with Crippen LogP contribution < -0.4 is 15.0 Å². The first-order valence-electron chi connectivity index (χ1n) is 6.66. The molecule has 0 radical (unpaired) electrons. The van der Waals surface area contributed by atoms with Gasteiger partial charge in [-0.15, -0.1) is 0 Å². The van der Waals surface area contributed by atoms with Crippen LogP contribution in [0.2, 0.25) is 0 Å². The van der Waals surface area contributed by atoms with Crippen molar-refractivity contribution < 1.29 is 4.74 Å². The summed E-state index contributed by atoms with van der Waals surface area (Å²) in [6.45, 7) is 5.18. The largest absolute Gasteiger partial charge is 0.491 e. The number of ether oxygens (including phenoxy) is 1. The molecular weight excluding hydrogens is 212 g/mol. The Hall–Kier alpha value is -1.38. The van der Waals surface area contributed by atoms with Crippen LogP contribution >= 0.6 is 0 Å². The van der Waals surface area contributed by atoms with Crippen molar-refractivity contribution in [3.05, 3.63) is 18.2 Å². The van der Waals surface area contributed by atoms with E-state index in [0.29, 0.717) is 6.04 Å². The van der Waals surface area contributed by atoms with Gasteiger partial charge in [-0.1, -0.05) is 13.0 Å². The summed E-state index contributed by atoms with van der Waals surface area (Å²) in [7, 11) is 0. The Morgan fingerprint density at radius 2 is 2.41 bits per heavy atom. The Bertz CT molecular complexity index is 405. The van der Waals surface area contributed by atoms with Gasteiger partial charge in [0.1, 0.15) is 11.4 Å². The lowest BCUT2D eigenvalue weighted by Crippen LogP contribution is -2.39. The summed E-state index contributed by atoms with van der Waals surface area (Å²) < 4.78 is 5.81. The lowest BCUT2D eigenvalue weighted by Gasteiger charge is -2.35. The summed E-state index contributed by atoms with van der Waals surface area (Å²) in [5, 5.41) is 3.54. The molecule has 0 amide bonds. The Kier molecular flexibility index (Phi) is 2.83. The fraction of sp³-hybridized carbons (Fsp3) is 0.571. The van der Waals surface area contributed by atoms with Crippen molar-refractivity contribution in [3.8, 4) is 5.75 Å². The van der Waals surface area contributed by atoms with Crippen LogP contribution in [0.25, 0.3) is 0 Å². The van der Waals surface area contributed by atoms with Crippen LogP contribution in [0.1, 0.15) is 26.2 Å². The Morgan fingerprint density at radius 3 is 3.29 bits per heavy atom. The van der Waals surface area contributed by atoms with Crippen molar-refractivity contribution in [3.63, 3.8) is 0 Å². The van der Waals surface area contributed by atoms with E-state index in [9.17, 15) is 0 Å². The smallest absolute Gasteiger partial charge is 0.144 e. The zero-order valence-electron chi connectivity index (χ0n) is 10.4. The van der Waals surface area contributed by atoms with E-state index in [1.54, 1.807) is 0 Å². The first kappa shape index (κ1) is 10.8. The number of anilines is 2. The highest BCUT2D eigenvalue weighted by atomic mass is 16.5. The van der Waals surface area contributed by atoms with Crippen LogP contribution in [0, 0.1) is 0 Å². The van der Waals surface area contributed by atoms with Gasteiger partial charge in [0.05, 0.1) is 12.3 Å². The fourth-order valence-electron chi connectivity index (χ4n) is 2.85. The molecule has 2 aliphatic rings. The van der Waals surface area contributed by atoms with Crippen LogP contribution in [0.4, 0.5) is 11.4 Å². The highest BCUT2D eigenvalue weighted by Gasteiger charge is 2.31. The van der Waals surface area contributed by atoms with Crippen LogP contribution in [0.15, 0.2) is 18.2 Å². The van der Waals surface area contributed by atoms with Gasteiger partial charge in [0.25, 0.3) is 0 Å². The Morgan fingerprint density at radius 1 is 1.47 bits per heavy atom. The molecule has 1 aromatic carbocycles. The quantitative estimate of drug-likeness (QED) is 0.867. The highest BCUT2D eigenvalue weighted by Crippen LogP contribution is 2.41. The molecule has 1 N–H and O–H groups in total. The summed E-state index contributed by atoms with van der Waals surface area (Å²) in [6.07, 6.45) is 3.67. The average Bonchev–Trinajstić information content (AvgIpc) is 2.84. The summed E-state index contributed by atoms with van der Waals surface area (Å²) >= 11 is 0. The molecule has 92 valence electrons. The first-order chi connectivity index (χ1) is 8.40. The number of fused-ring (bicyclic) bond motifs is 3. The third-order valence-corrected chi connectivity index (χ3v) is 3.67. The monoisotopic (exact) mass is 232 g/mol. The summed E-state index contributed by atoms with van der Waals surface area (Å²) in [5.74, 6) is 1.01. The molecule has 3 nitrogen and oxygen atoms in total. The molecule has 1 fully saturated rings. The summed E-state index contributed by atoms with van der Waals surface area (Å²) in [6, 6.07) is 7.06. The summed E-state index contributed by atoms with van der Waals surface area (Å²) in [5.41, 5.74) is 2.52. The number of para-hydroxylation sites is 1. The van der Waals surface area contributed by atoms with Gasteiger partial charge in [-0.05, 0) is 31.4 Å². The van der Waals surface area contributed by atoms with E-state index in [1.165, 1.54) is 30.8 Å². The number of benzene rings is 1. The van der Waals surface area contributed by atoms with Crippen molar-refractivity contribution >= 4 is 11.4 Å². The van der Waals surface area contributed by atoms with Crippen LogP contribution in [0.3, 0.4) is 0 Å². The third kappa shape index (κ3) is 1.84. The number of nitrogens with one attached hydrogen (secondary N) is 1. The molecule has 0 aliphatic carbocycles. The molecule has 0 aromatic heterocycles. The van der Waals surface area contributed by atoms with Gasteiger partial charge in [0.15, 0.2) is 0 Å². The summed E-state index contributed by atoms with van der Waals surface area (Å²) in [4.78, 5) is 2.53. The minimum absolute atomic E-state index is 0.684. The van der Waals surface area contributed by atoms with E-state index in [2.05, 4.69) is 35.3 Å². The van der Waals surface area contributed by atoms with Gasteiger partial charge in [-0.3, -0.25) is 0 Å². The molecule has 2 aliphatic heterocycles. The van der Waals surface area contributed by atoms with E-state index in [1.807, 2.05) is 0 Å². The molecule has 0 spiro atoms. The van der Waals surface area contributed by atoms with E-state index in [0.717, 1.165) is 25.3 Å². The number of hydrogen-bond donors (Lipinski definition) is 1. The predicted octanol–water partition coefficient (Wildman–Crippen LogP) is 2.87. The lowest BCUT2D eigenvalue weighted by molar-refractivity contribution is 0.318. The van der Waals surface area contributed by atoms with Crippen molar-refractivity contribution in [2.45, 2.75) is 32.2 Å². The standard InChI is InChI=1S/C14H20N2O/c1-2-9-17-13-7-3-6-12-14(13)15-10-11-5-4-8-16(11)12/h3,6-7,11,15H,2,4-5,8-10H2,1H3. The van der Waals surface area contributed by atoms with Gasteiger partial charge in [-0.2, -0.15) is 0 Å². The lowest BCUT2D eigenvalue weighted by atomic mass is 10.1. The molecule has 0 bridgehead atoms. The molecule has 0 saturated carbocycles. The van der Waals surface area contributed by atoms with Crippen molar-refractivity contribution in [2.24, 2.45) is 0 Å². The molecular formula is C14H20N2O. The average molecular weight is 232 g/mol. The van der Waals surface area contributed by atoms with Gasteiger partial charge in [0.2, 0.25) is 0 Å². The maximum absolute atomic E-state index is 5.81. The van der Waals surface area contributed by atoms with Gasteiger partial charge in [-0.25, -0.2) is 0 Å². The van der Waals surface area contributed by atoms with E-state index in [4.69, 9.17) is 4.74 Å². The number of rotatable bonds is 3. The van der Waals surface area contributed by atoms with Crippen molar-refractivity contribution in [1.29, 1.82) is 0 Å². The SMILES string of the molecule is CCCOc1cccc2c1NCC1CCCN21. The zero-order chi connectivity index (χ0) is 11.7. The maximum atomic E-state index is 5.81. The molecule has 3 heteroatoms. The normalized spacial score (nSPS) is 21.7. The second-order valence-corrected chi connectivity index (χ2v) is 4.87. The van der Waals surface area contributed by atoms with Crippen molar-refractivity contribution in [2.75, 3.05) is 29.9 Å². The van der Waals surface area contributed by atoms with Gasteiger partial charge in [0, 0.05) is 19.1 Å². The van der Waals surface area contributed by atoms with E-state index >= 15 is 0 Å². The topological polar surface area (TPSA) is 24.5 Å². The minimum Gasteiger partial charge on any atom is -0.491 e. The molecule has 3 rings (SSSR count). The Balaban J connectivity index is 1.92. The zero-order valence-corrected chi connectivity index (χ0v) is 10.4. The number of hydrogen-bond acceptors (Lipinski definition) is 3. The molecule has 1 saturated heterocycles. The molecule has 1 unspecified atom stereocenters. The molecule has 17 heavy (non-hydrogen) atoms. The third-order valence-electron chi connectivity index (χ3n) is 3.67. The van der Waals surface area contributed by atoms with E-state index in [-0.39, 0.29) is 0 Å². The highest BCUT2D eigenvalue weighted by molar-refractivity contribution is 5.79. The van der Waals surface area contributed by atoms with Crippen molar-refractivity contribution in [1.82, 2.24) is 0 Å². The number of nitrogens with zero attached hydrogens (tertiary/aromatic N) is 1. The maximum Gasteiger partial charge on any atom is 0.144 e. The minimum atomic E-state index is 0.684. The van der Waals surface area contributed by atoms with E-state index < -0.39 is 0 Å². The second kappa shape index (κ2) is 4.47. The van der Waals surface area contributed by atoms with Crippen LogP contribution in [-0.2, 0) is 0 Å². The first-order valence-corrected chi connectivity index (χ1v) is 6.66. The second-order valence-electron chi connectivity index (χ2n) is 4.87. The molecule has 2 heterocycles. The van der Waals surface area contributed by atoms with Gasteiger partial charge >= 0.3 is 0 Å². The Labute approximate surface area is 103 Å². The van der Waals surface area contributed by atoms with Gasteiger partial charge < -0.3 is 15.0 Å². The molecule has 1 atom stereocenters.